The maximum absolute atomic E-state index is 12.7. The monoisotopic (exact) mass is 407 g/mol. The Kier molecular flexibility index (Phi) is 5.62. The molecule has 2 heterocycles. The van der Waals surface area contributed by atoms with Crippen molar-refractivity contribution in [2.24, 2.45) is 0 Å². The fourth-order valence-electron chi connectivity index (χ4n) is 3.27. The first-order valence-corrected chi connectivity index (χ1v) is 9.93. The highest BCUT2D eigenvalue weighted by molar-refractivity contribution is 6.33. The summed E-state index contributed by atoms with van der Waals surface area (Å²) in [4.78, 5) is 25.7. The zero-order chi connectivity index (χ0) is 20.2. The molecule has 29 heavy (non-hydrogen) atoms. The van der Waals surface area contributed by atoms with Crippen LogP contribution in [0.15, 0.2) is 60.8 Å². The van der Waals surface area contributed by atoms with Crippen molar-refractivity contribution in [1.82, 2.24) is 14.9 Å². The second-order valence-electron chi connectivity index (χ2n) is 6.99. The second kappa shape index (κ2) is 8.49. The van der Waals surface area contributed by atoms with Gasteiger partial charge in [-0.2, -0.15) is 4.98 Å². The van der Waals surface area contributed by atoms with E-state index < -0.39 is 0 Å². The topological polar surface area (TPSA) is 61.4 Å². The molecule has 1 aliphatic heterocycles. The molecule has 4 rings (SSSR count). The van der Waals surface area contributed by atoms with Gasteiger partial charge in [-0.25, -0.2) is 4.98 Å². The Labute approximate surface area is 175 Å². The van der Waals surface area contributed by atoms with E-state index in [0.29, 0.717) is 42.7 Å². The summed E-state index contributed by atoms with van der Waals surface area (Å²) in [6.07, 6.45) is 1.75. The highest BCUT2D eigenvalue weighted by atomic mass is 35.5. The Morgan fingerprint density at radius 2 is 1.72 bits per heavy atom. The molecule has 1 aromatic heterocycles. The van der Waals surface area contributed by atoms with Gasteiger partial charge in [0.1, 0.15) is 5.82 Å². The van der Waals surface area contributed by atoms with E-state index in [1.807, 2.05) is 35.2 Å². The summed E-state index contributed by atoms with van der Waals surface area (Å²) in [5, 5.41) is 3.79. The van der Waals surface area contributed by atoms with E-state index in [-0.39, 0.29) is 5.91 Å². The van der Waals surface area contributed by atoms with E-state index in [1.165, 1.54) is 5.56 Å². The molecule has 1 fully saturated rings. The first kappa shape index (κ1) is 19.2. The Morgan fingerprint density at radius 1 is 1.00 bits per heavy atom. The number of hydrogen-bond acceptors (Lipinski definition) is 5. The summed E-state index contributed by atoms with van der Waals surface area (Å²) in [6, 6.07) is 17.2. The van der Waals surface area contributed by atoms with E-state index in [9.17, 15) is 4.79 Å². The summed E-state index contributed by atoms with van der Waals surface area (Å²) in [5.74, 6) is 1.37. The van der Waals surface area contributed by atoms with Gasteiger partial charge in [0.25, 0.3) is 5.91 Å². The van der Waals surface area contributed by atoms with Crippen molar-refractivity contribution >= 4 is 35.0 Å². The number of nitrogens with one attached hydrogen (secondary N) is 1. The molecule has 0 atom stereocenters. The molecule has 0 spiro atoms. The number of carbonyl (C=O) groups is 1. The van der Waals surface area contributed by atoms with Crippen LogP contribution in [0.2, 0.25) is 5.02 Å². The van der Waals surface area contributed by atoms with Crippen molar-refractivity contribution in [1.29, 1.82) is 0 Å². The van der Waals surface area contributed by atoms with Crippen molar-refractivity contribution in [2.75, 3.05) is 36.4 Å². The van der Waals surface area contributed by atoms with Crippen molar-refractivity contribution < 1.29 is 4.79 Å². The molecule has 0 saturated carbocycles. The third-order valence-corrected chi connectivity index (χ3v) is 5.25. The molecule has 7 heteroatoms. The fraction of sp³-hybridized carbons (Fsp3) is 0.227. The van der Waals surface area contributed by atoms with E-state index >= 15 is 0 Å². The largest absolute Gasteiger partial charge is 0.340 e. The van der Waals surface area contributed by atoms with Crippen LogP contribution in [0.1, 0.15) is 15.9 Å². The van der Waals surface area contributed by atoms with Gasteiger partial charge >= 0.3 is 0 Å². The van der Waals surface area contributed by atoms with Crippen LogP contribution < -0.4 is 10.2 Å². The maximum Gasteiger partial charge on any atom is 0.255 e. The normalized spacial score (nSPS) is 14.0. The summed E-state index contributed by atoms with van der Waals surface area (Å²) in [5.41, 5.74) is 2.74. The van der Waals surface area contributed by atoms with Gasteiger partial charge in [0.05, 0.1) is 10.6 Å². The Hall–Kier alpha value is -3.12. The van der Waals surface area contributed by atoms with Gasteiger partial charge < -0.3 is 15.1 Å². The van der Waals surface area contributed by atoms with Gasteiger partial charge in [-0.3, -0.25) is 4.79 Å². The number of amides is 1. The quantitative estimate of drug-likeness (QED) is 0.704. The lowest BCUT2D eigenvalue weighted by atomic mass is 10.2. The zero-order valence-electron chi connectivity index (χ0n) is 16.2. The highest BCUT2D eigenvalue weighted by Gasteiger charge is 2.24. The third-order valence-electron chi connectivity index (χ3n) is 4.92. The molecule has 1 amide bonds. The van der Waals surface area contributed by atoms with Gasteiger partial charge in [-0.15, -0.1) is 0 Å². The predicted octanol–water partition coefficient (Wildman–Crippen LogP) is 4.14. The minimum atomic E-state index is -0.0362. The number of benzene rings is 2. The van der Waals surface area contributed by atoms with Crippen molar-refractivity contribution in [2.45, 2.75) is 6.92 Å². The number of rotatable bonds is 4. The molecule has 6 nitrogen and oxygen atoms in total. The Bertz CT molecular complexity index is 1000. The van der Waals surface area contributed by atoms with Crippen LogP contribution in [0.5, 0.6) is 0 Å². The molecule has 148 valence electrons. The molecule has 0 unspecified atom stereocenters. The number of halogens is 1. The number of nitrogens with zero attached hydrogens (tertiary/aromatic N) is 4. The summed E-state index contributed by atoms with van der Waals surface area (Å²) >= 11 is 6.17. The van der Waals surface area contributed by atoms with Crippen molar-refractivity contribution in [3.05, 3.63) is 76.9 Å². The second-order valence-corrected chi connectivity index (χ2v) is 7.40. The molecule has 0 radical (unpaired) electrons. The number of carbonyl (C=O) groups excluding carboxylic acids is 1. The minimum Gasteiger partial charge on any atom is -0.340 e. The van der Waals surface area contributed by atoms with Crippen LogP contribution >= 0.6 is 11.6 Å². The number of aryl methyl sites for hydroxylation is 1. The zero-order valence-corrected chi connectivity index (χ0v) is 16.9. The number of piperazine rings is 1. The lowest BCUT2D eigenvalue weighted by molar-refractivity contribution is 0.0746. The third kappa shape index (κ3) is 4.49. The van der Waals surface area contributed by atoms with Gasteiger partial charge in [0, 0.05) is 38.1 Å². The molecule has 2 aromatic carbocycles. The van der Waals surface area contributed by atoms with Crippen LogP contribution in [-0.2, 0) is 0 Å². The van der Waals surface area contributed by atoms with Crippen LogP contribution in [-0.4, -0.2) is 47.0 Å². The highest BCUT2D eigenvalue weighted by Crippen LogP contribution is 2.21. The van der Waals surface area contributed by atoms with E-state index in [1.54, 1.807) is 18.3 Å². The average Bonchev–Trinajstić information content (AvgIpc) is 2.76. The molecular weight excluding hydrogens is 386 g/mol. The standard InChI is InChI=1S/C22H22ClN5O/c1-16-6-8-17(9-7-16)25-20-10-11-24-22(26-20)28-14-12-27(13-15-28)21(29)18-4-2-3-5-19(18)23/h2-11H,12-15H2,1H3,(H,24,25,26). The minimum absolute atomic E-state index is 0.0362. The first-order chi connectivity index (χ1) is 14.1. The Balaban J connectivity index is 1.40. The summed E-state index contributed by atoms with van der Waals surface area (Å²) in [7, 11) is 0. The van der Waals surface area contributed by atoms with E-state index in [2.05, 4.69) is 39.2 Å². The van der Waals surface area contributed by atoms with E-state index in [0.717, 1.165) is 11.5 Å². The van der Waals surface area contributed by atoms with Crippen LogP contribution in [0.25, 0.3) is 0 Å². The van der Waals surface area contributed by atoms with E-state index in [4.69, 9.17) is 11.6 Å². The van der Waals surface area contributed by atoms with Gasteiger partial charge in [0.15, 0.2) is 0 Å². The van der Waals surface area contributed by atoms with Gasteiger partial charge in [-0.05, 0) is 37.3 Å². The maximum atomic E-state index is 12.7. The number of anilines is 3. The Morgan fingerprint density at radius 3 is 2.45 bits per heavy atom. The number of aromatic nitrogens is 2. The first-order valence-electron chi connectivity index (χ1n) is 9.55. The lowest BCUT2D eigenvalue weighted by Gasteiger charge is -2.35. The average molecular weight is 408 g/mol. The van der Waals surface area contributed by atoms with Crippen LogP contribution in [0.3, 0.4) is 0 Å². The smallest absolute Gasteiger partial charge is 0.255 e. The van der Waals surface area contributed by atoms with Gasteiger partial charge in [0.2, 0.25) is 5.95 Å². The molecule has 1 N–H and O–H groups in total. The molecule has 0 aliphatic carbocycles. The van der Waals surface area contributed by atoms with Crippen LogP contribution in [0.4, 0.5) is 17.5 Å². The van der Waals surface area contributed by atoms with Crippen molar-refractivity contribution in [3.8, 4) is 0 Å². The molecular formula is C22H22ClN5O. The number of hydrogen-bond donors (Lipinski definition) is 1. The lowest BCUT2D eigenvalue weighted by Crippen LogP contribution is -2.49. The van der Waals surface area contributed by atoms with Gasteiger partial charge in [-0.1, -0.05) is 41.4 Å². The molecule has 1 saturated heterocycles. The SMILES string of the molecule is Cc1ccc(Nc2ccnc(N3CCN(C(=O)c4ccccc4Cl)CC3)n2)cc1. The summed E-state index contributed by atoms with van der Waals surface area (Å²) in [6.45, 7) is 4.60. The molecule has 3 aromatic rings. The van der Waals surface area contributed by atoms with Crippen molar-refractivity contribution in [3.63, 3.8) is 0 Å². The summed E-state index contributed by atoms with van der Waals surface area (Å²) < 4.78 is 0. The van der Waals surface area contributed by atoms with Crippen LogP contribution in [0, 0.1) is 6.92 Å². The molecule has 0 bridgehead atoms. The predicted molar refractivity (Wildman–Crippen MR) is 116 cm³/mol. The fourth-order valence-corrected chi connectivity index (χ4v) is 3.49. The molecule has 1 aliphatic rings.